The van der Waals surface area contributed by atoms with Gasteiger partial charge in [0.1, 0.15) is 18.1 Å². The number of hydrogen-bond acceptors (Lipinski definition) is 7. The summed E-state index contributed by atoms with van der Waals surface area (Å²) in [5, 5.41) is 4.86. The molecule has 1 aromatic heterocycles. The van der Waals surface area contributed by atoms with Gasteiger partial charge in [-0.05, 0) is 96.7 Å². The number of carbonyl (C=O) groups excluding carboxylic acids is 3. The van der Waals surface area contributed by atoms with Crippen LogP contribution >= 0.6 is 0 Å². The lowest BCUT2D eigenvalue weighted by molar-refractivity contribution is -0.125. The van der Waals surface area contributed by atoms with Crippen molar-refractivity contribution in [1.82, 2.24) is 10.3 Å². The van der Waals surface area contributed by atoms with Crippen molar-refractivity contribution in [3.63, 3.8) is 0 Å². The Morgan fingerprint density at radius 1 is 0.808 bits per heavy atom. The van der Waals surface area contributed by atoms with Crippen molar-refractivity contribution in [2.75, 3.05) is 39.6 Å². The maximum absolute atomic E-state index is 13.0. The molecule has 0 spiro atoms. The van der Waals surface area contributed by atoms with Crippen LogP contribution in [0.1, 0.15) is 89.0 Å². The third kappa shape index (κ3) is 14.0. The molecule has 0 aliphatic rings. The van der Waals surface area contributed by atoms with E-state index in [4.69, 9.17) is 14.2 Å². The highest BCUT2D eigenvalue weighted by Crippen LogP contribution is 2.35. The lowest BCUT2D eigenvalue weighted by Crippen LogP contribution is -2.30. The lowest BCUT2D eigenvalue weighted by atomic mass is 9.88. The van der Waals surface area contributed by atoms with Gasteiger partial charge in [-0.25, -0.2) is 0 Å². The lowest BCUT2D eigenvalue weighted by Gasteiger charge is -2.17. The van der Waals surface area contributed by atoms with Crippen molar-refractivity contribution in [3.05, 3.63) is 95.8 Å². The Morgan fingerprint density at radius 2 is 1.52 bits per heavy atom. The molecule has 0 radical (unpaired) electrons. The number of benzene rings is 3. The first kappa shape index (κ1) is 40.4. The summed E-state index contributed by atoms with van der Waals surface area (Å²) < 4.78 is 17.5. The van der Waals surface area contributed by atoms with E-state index in [1.165, 1.54) is 5.56 Å². The van der Waals surface area contributed by atoms with Gasteiger partial charge in [0.15, 0.2) is 5.78 Å². The number of rotatable bonds is 22. The van der Waals surface area contributed by atoms with Crippen LogP contribution in [0.5, 0.6) is 5.75 Å². The molecule has 0 bridgehead atoms. The van der Waals surface area contributed by atoms with Crippen molar-refractivity contribution in [2.45, 2.75) is 85.5 Å². The van der Waals surface area contributed by atoms with Crippen molar-refractivity contribution in [2.24, 2.45) is 5.41 Å². The summed E-state index contributed by atoms with van der Waals surface area (Å²) in [6.45, 7) is 12.9. The normalized spacial score (nSPS) is 12.1. The zero-order valence-corrected chi connectivity index (χ0v) is 31.7. The molecule has 1 heterocycles. The van der Waals surface area contributed by atoms with Crippen molar-refractivity contribution < 1.29 is 28.6 Å². The molecule has 0 unspecified atom stereocenters. The van der Waals surface area contributed by atoms with Gasteiger partial charge >= 0.3 is 0 Å². The second-order valence-electron chi connectivity index (χ2n) is 14.8. The van der Waals surface area contributed by atoms with Gasteiger partial charge in [-0.15, -0.1) is 0 Å². The molecular formula is C44H56N2O6. The summed E-state index contributed by atoms with van der Waals surface area (Å²) in [5.74, 6) is 0.326. The van der Waals surface area contributed by atoms with Crippen LogP contribution in [-0.4, -0.2) is 62.0 Å². The zero-order chi connectivity index (χ0) is 37.3. The predicted octanol–water partition coefficient (Wildman–Crippen LogP) is 8.61. The quantitative estimate of drug-likeness (QED) is 0.0816. The van der Waals surface area contributed by atoms with E-state index in [0.29, 0.717) is 32.8 Å². The average molecular weight is 709 g/mol. The Labute approximate surface area is 309 Å². The molecule has 4 rings (SSSR count). The number of unbranched alkanes of at least 4 members (excludes halogenated alkanes) is 1. The van der Waals surface area contributed by atoms with Crippen molar-refractivity contribution in [3.8, 4) is 16.9 Å². The van der Waals surface area contributed by atoms with Crippen LogP contribution in [0.15, 0.2) is 79.0 Å². The van der Waals surface area contributed by atoms with Gasteiger partial charge in [-0.1, -0.05) is 75.4 Å². The van der Waals surface area contributed by atoms with Gasteiger partial charge < -0.3 is 24.3 Å². The highest BCUT2D eigenvalue weighted by atomic mass is 16.5. The van der Waals surface area contributed by atoms with Crippen LogP contribution in [0.25, 0.3) is 21.9 Å². The van der Waals surface area contributed by atoms with Crippen LogP contribution in [0.2, 0.25) is 0 Å². The van der Waals surface area contributed by atoms with Gasteiger partial charge in [0.2, 0.25) is 5.91 Å². The number of aromatic nitrogens is 1. The summed E-state index contributed by atoms with van der Waals surface area (Å²) in [5.41, 5.74) is 5.48. The predicted molar refractivity (Wildman–Crippen MR) is 208 cm³/mol. The second-order valence-corrected chi connectivity index (χ2v) is 14.8. The summed E-state index contributed by atoms with van der Waals surface area (Å²) in [7, 11) is 0. The first-order valence-corrected chi connectivity index (χ1v) is 18.6. The van der Waals surface area contributed by atoms with Crippen molar-refractivity contribution in [1.29, 1.82) is 0 Å². The molecule has 0 aliphatic carbocycles. The average Bonchev–Trinajstić information content (AvgIpc) is 3.11. The van der Waals surface area contributed by atoms with Crippen LogP contribution in [0.4, 0.5) is 0 Å². The molecule has 1 amide bonds. The number of nitrogens with zero attached hydrogens (tertiary/aromatic N) is 1. The number of nitrogens with one attached hydrogen (secondary N) is 1. The molecule has 1 atom stereocenters. The van der Waals surface area contributed by atoms with Gasteiger partial charge in [0.05, 0.1) is 26.4 Å². The molecule has 4 aromatic rings. The second kappa shape index (κ2) is 20.6. The van der Waals surface area contributed by atoms with Crippen LogP contribution in [0.3, 0.4) is 0 Å². The van der Waals surface area contributed by atoms with Crippen LogP contribution < -0.4 is 10.1 Å². The minimum absolute atomic E-state index is 0.0189. The highest BCUT2D eigenvalue weighted by Gasteiger charge is 2.19. The molecule has 0 aliphatic heterocycles. The Kier molecular flexibility index (Phi) is 16.0. The molecule has 0 fully saturated rings. The van der Waals surface area contributed by atoms with Crippen LogP contribution in [-0.2, 0) is 30.3 Å². The van der Waals surface area contributed by atoms with E-state index in [2.05, 4.69) is 55.3 Å². The number of hydrogen-bond donors (Lipinski definition) is 1. The molecule has 3 aromatic carbocycles. The summed E-state index contributed by atoms with van der Waals surface area (Å²) in [6, 6.07) is 24.3. The fourth-order valence-corrected chi connectivity index (χ4v) is 6.11. The van der Waals surface area contributed by atoms with E-state index in [1.807, 2.05) is 55.5 Å². The number of amides is 1. The van der Waals surface area contributed by atoms with E-state index in [-0.39, 0.29) is 48.2 Å². The Bertz CT molecular complexity index is 1740. The number of Topliss-reactive ketones (excluding diaryl/α,β-unsaturated/α-hetero) is 2. The fraction of sp³-hybridized carbons (Fsp3) is 0.455. The molecule has 0 saturated heterocycles. The molecule has 0 saturated carbocycles. The van der Waals surface area contributed by atoms with Gasteiger partial charge in [0, 0.05) is 43.1 Å². The van der Waals surface area contributed by atoms with E-state index in [1.54, 1.807) is 13.1 Å². The standard InChI is InChI=1S/C44H56N2O6/c1-32-20-22-45-37(28-32)10-6-9-13-43(49)46-31-38(48)30-36(29-33(2)47)34-14-16-35(17-15-34)39-18-19-42(41-12-8-7-11-40(39)41)52-27-26-51-25-24-50-23-21-44(3,4)5/h7-8,11-12,14-20,22,28,36H,6,9-10,13,21,23-27,29-31H2,1-5H3,(H,46,49)/t36-/m1/s1. The molecule has 8 heteroatoms. The van der Waals surface area contributed by atoms with E-state index < -0.39 is 0 Å². The number of fused-ring (bicyclic) bond motifs is 1. The molecule has 52 heavy (non-hydrogen) atoms. The third-order valence-corrected chi connectivity index (χ3v) is 8.98. The third-order valence-electron chi connectivity index (χ3n) is 8.98. The number of ether oxygens (including phenoxy) is 3. The van der Waals surface area contributed by atoms with E-state index in [9.17, 15) is 14.4 Å². The number of aryl methyl sites for hydroxylation is 2. The highest BCUT2D eigenvalue weighted by molar-refractivity contribution is 6.00. The first-order chi connectivity index (χ1) is 25.0. The molecule has 1 N–H and O–H groups in total. The smallest absolute Gasteiger partial charge is 0.220 e. The monoisotopic (exact) mass is 708 g/mol. The number of ketones is 2. The Hall–Kier alpha value is -4.40. The fourth-order valence-electron chi connectivity index (χ4n) is 6.11. The summed E-state index contributed by atoms with van der Waals surface area (Å²) in [4.78, 5) is 41.9. The number of carbonyl (C=O) groups is 3. The summed E-state index contributed by atoms with van der Waals surface area (Å²) in [6.07, 6.45) is 6.02. The van der Waals surface area contributed by atoms with Gasteiger partial charge in [-0.3, -0.25) is 14.6 Å². The topological polar surface area (TPSA) is 104 Å². The molecule has 278 valence electrons. The van der Waals surface area contributed by atoms with Crippen LogP contribution in [0, 0.1) is 12.3 Å². The number of pyridine rings is 1. The molecule has 8 nitrogen and oxygen atoms in total. The SMILES string of the molecule is CC(=O)C[C@H](CC(=O)CNC(=O)CCCCc1cc(C)ccn1)c1ccc(-c2ccc(OCCOCCOCCC(C)(C)C)c3ccccc23)cc1. The van der Waals surface area contributed by atoms with E-state index >= 15 is 0 Å². The molecular weight excluding hydrogens is 652 g/mol. The maximum atomic E-state index is 13.0. The van der Waals surface area contributed by atoms with Crippen molar-refractivity contribution >= 4 is 28.2 Å². The van der Waals surface area contributed by atoms with Gasteiger partial charge in [-0.2, -0.15) is 0 Å². The van der Waals surface area contributed by atoms with Gasteiger partial charge in [0.25, 0.3) is 0 Å². The maximum Gasteiger partial charge on any atom is 0.220 e. The summed E-state index contributed by atoms with van der Waals surface area (Å²) >= 11 is 0. The minimum atomic E-state index is -0.262. The Morgan fingerprint density at radius 3 is 2.23 bits per heavy atom. The largest absolute Gasteiger partial charge is 0.491 e. The first-order valence-electron chi connectivity index (χ1n) is 18.6. The zero-order valence-electron chi connectivity index (χ0n) is 31.7. The minimum Gasteiger partial charge on any atom is -0.491 e. The van der Waals surface area contributed by atoms with E-state index in [0.717, 1.165) is 71.2 Å². The Balaban J connectivity index is 1.27.